The molecule has 3 aliphatic heterocycles. The number of fused-ring (bicyclic) bond motifs is 2. The van der Waals surface area contributed by atoms with Crippen LogP contribution in [0, 0.1) is 23.7 Å². The van der Waals surface area contributed by atoms with Crippen molar-refractivity contribution in [2.75, 3.05) is 19.8 Å². The number of esters is 1. The molecule has 3 fully saturated rings. The lowest BCUT2D eigenvalue weighted by Gasteiger charge is -2.42. The summed E-state index contributed by atoms with van der Waals surface area (Å²) in [7, 11) is 0. The number of aliphatic hydroxyl groups excluding tert-OH is 1. The number of benzene rings is 1. The zero-order valence-corrected chi connectivity index (χ0v) is 24.0. The molecule has 3 aliphatic rings. The Morgan fingerprint density at radius 1 is 1.30 bits per heavy atom. The van der Waals surface area contributed by atoms with Gasteiger partial charge in [-0.15, -0.1) is 23.4 Å². The number of para-hydroxylation sites is 1. The maximum atomic E-state index is 14.7. The molecule has 3 unspecified atom stereocenters. The van der Waals surface area contributed by atoms with Gasteiger partial charge in [0.1, 0.15) is 24.8 Å². The molecule has 4 heterocycles. The average molecular weight is 568 g/mol. The highest BCUT2D eigenvalue weighted by molar-refractivity contribution is 8.02. The molecule has 2 bridgehead atoms. The van der Waals surface area contributed by atoms with Crippen LogP contribution in [0.1, 0.15) is 27.2 Å². The first kappa shape index (κ1) is 28.4. The van der Waals surface area contributed by atoms with Gasteiger partial charge in [-0.1, -0.05) is 56.8 Å². The first-order chi connectivity index (χ1) is 19.2. The van der Waals surface area contributed by atoms with E-state index in [1.807, 2.05) is 38.1 Å². The maximum absolute atomic E-state index is 14.7. The predicted molar refractivity (Wildman–Crippen MR) is 152 cm³/mol. The van der Waals surface area contributed by atoms with Gasteiger partial charge in [0.05, 0.1) is 34.7 Å². The fourth-order valence-electron chi connectivity index (χ4n) is 6.95. The summed E-state index contributed by atoms with van der Waals surface area (Å²) in [5.74, 6) is -2.46. The molecule has 0 radical (unpaired) electrons. The van der Waals surface area contributed by atoms with Gasteiger partial charge in [0.2, 0.25) is 11.8 Å². The summed E-state index contributed by atoms with van der Waals surface area (Å²) in [6.07, 6.45) is 3.85. The largest absolute Gasteiger partial charge is 0.461 e. The quantitative estimate of drug-likeness (QED) is 0.325. The molecule has 10 nitrogen and oxygen atoms in total. The molecule has 2 aromatic rings. The molecule has 0 aliphatic carbocycles. The van der Waals surface area contributed by atoms with Crippen LogP contribution in [0.4, 0.5) is 0 Å². The SMILES string of the molecule is C=CCOC(=O)[C@@H]1[C@@H]2CC(C)C3(S2)C(C(=O)N(CC=C)Cn2nnc4ccccc42)N([C@@H](CO)C(C)C)C(=O)[C@H]13. The second-order valence-electron chi connectivity index (χ2n) is 11.3. The van der Waals surface area contributed by atoms with E-state index in [0.29, 0.717) is 11.9 Å². The van der Waals surface area contributed by atoms with Crippen LogP contribution in [0.5, 0.6) is 0 Å². The molecular weight excluding hydrogens is 530 g/mol. The van der Waals surface area contributed by atoms with Gasteiger partial charge in [-0.25, -0.2) is 4.68 Å². The van der Waals surface area contributed by atoms with Crippen molar-refractivity contribution in [2.24, 2.45) is 23.7 Å². The van der Waals surface area contributed by atoms with Gasteiger partial charge in [0.25, 0.3) is 0 Å². The molecule has 1 aromatic carbocycles. The topological polar surface area (TPSA) is 118 Å². The zero-order chi connectivity index (χ0) is 28.8. The van der Waals surface area contributed by atoms with E-state index in [0.717, 1.165) is 5.52 Å². The summed E-state index contributed by atoms with van der Waals surface area (Å²) >= 11 is 1.58. The second kappa shape index (κ2) is 11.0. The first-order valence-corrected chi connectivity index (χ1v) is 14.6. The van der Waals surface area contributed by atoms with E-state index in [-0.39, 0.29) is 55.3 Å². The van der Waals surface area contributed by atoms with E-state index in [2.05, 4.69) is 30.4 Å². The minimum atomic E-state index is -0.874. The maximum Gasteiger partial charge on any atom is 0.311 e. The minimum Gasteiger partial charge on any atom is -0.461 e. The van der Waals surface area contributed by atoms with Crippen molar-refractivity contribution >= 4 is 40.6 Å². The van der Waals surface area contributed by atoms with E-state index in [1.54, 1.807) is 32.3 Å². The minimum absolute atomic E-state index is 0.0110. The van der Waals surface area contributed by atoms with Gasteiger partial charge in [-0.3, -0.25) is 14.4 Å². The Hall–Kier alpha value is -3.18. The molecule has 5 rings (SSSR count). The zero-order valence-electron chi connectivity index (χ0n) is 23.2. The van der Waals surface area contributed by atoms with Crippen LogP contribution in [-0.4, -0.2) is 89.5 Å². The first-order valence-electron chi connectivity index (χ1n) is 13.8. The van der Waals surface area contributed by atoms with Crippen molar-refractivity contribution in [1.82, 2.24) is 24.8 Å². The third kappa shape index (κ3) is 4.25. The fourth-order valence-corrected chi connectivity index (χ4v) is 9.34. The van der Waals surface area contributed by atoms with Crippen molar-refractivity contribution in [1.29, 1.82) is 0 Å². The summed E-state index contributed by atoms with van der Waals surface area (Å²) in [4.78, 5) is 45.6. The lowest BCUT2D eigenvalue weighted by atomic mass is 9.66. The van der Waals surface area contributed by atoms with E-state index in [1.165, 1.54) is 6.08 Å². The number of aromatic nitrogens is 3. The van der Waals surface area contributed by atoms with Crippen LogP contribution >= 0.6 is 11.8 Å². The normalized spacial score (nSPS) is 29.6. The molecule has 214 valence electrons. The molecule has 1 spiro atoms. The van der Waals surface area contributed by atoms with Crippen molar-refractivity contribution in [2.45, 2.75) is 55.9 Å². The van der Waals surface area contributed by atoms with Crippen LogP contribution in [-0.2, 0) is 25.8 Å². The summed E-state index contributed by atoms with van der Waals surface area (Å²) in [5, 5.41) is 18.8. The lowest BCUT2D eigenvalue weighted by Crippen LogP contribution is -2.60. The van der Waals surface area contributed by atoms with Crippen LogP contribution in [0.15, 0.2) is 49.6 Å². The number of nitrogens with zero attached hydrogens (tertiary/aromatic N) is 5. The highest BCUT2D eigenvalue weighted by Crippen LogP contribution is 2.69. The third-order valence-corrected chi connectivity index (χ3v) is 10.8. The lowest BCUT2D eigenvalue weighted by molar-refractivity contribution is -0.154. The summed E-state index contributed by atoms with van der Waals surface area (Å²) < 4.78 is 6.29. The van der Waals surface area contributed by atoms with Gasteiger partial charge in [0, 0.05) is 11.8 Å². The van der Waals surface area contributed by atoms with Gasteiger partial charge in [0.15, 0.2) is 0 Å². The number of aliphatic hydroxyl groups is 1. The molecule has 3 saturated heterocycles. The second-order valence-corrected chi connectivity index (χ2v) is 12.8. The number of hydrogen-bond donors (Lipinski definition) is 1. The van der Waals surface area contributed by atoms with Crippen molar-refractivity contribution in [3.8, 4) is 0 Å². The number of carbonyl (C=O) groups excluding carboxylic acids is 3. The predicted octanol–water partition coefficient (Wildman–Crippen LogP) is 2.49. The Balaban J connectivity index is 1.58. The molecule has 0 saturated carbocycles. The van der Waals surface area contributed by atoms with E-state index >= 15 is 0 Å². The molecular formula is C29H37N5O5S. The summed E-state index contributed by atoms with van der Waals surface area (Å²) in [5.41, 5.74) is 1.49. The van der Waals surface area contributed by atoms with Gasteiger partial charge < -0.3 is 19.6 Å². The standard InChI is InChI=1S/C29H37N5O5S/c1-6-12-32(16-33-20-11-9-8-10-19(20)30-31-33)27(37)25-29-18(5)14-22(40-29)23(28(38)39-13-7-2)24(29)26(36)34(25)21(15-35)17(3)4/h6-11,17-18,21-25,35H,1-2,12-16H2,3-5H3/t18?,21-,22-,23+,24-,25?,29?/m0/s1. The summed E-state index contributed by atoms with van der Waals surface area (Å²) in [6, 6.07) is 6.05. The van der Waals surface area contributed by atoms with E-state index in [4.69, 9.17) is 4.74 Å². The molecule has 7 atom stereocenters. The van der Waals surface area contributed by atoms with Crippen LogP contribution in [0.3, 0.4) is 0 Å². The monoisotopic (exact) mass is 567 g/mol. The van der Waals surface area contributed by atoms with Crippen LogP contribution in [0.2, 0.25) is 0 Å². The number of carbonyl (C=O) groups is 3. The van der Waals surface area contributed by atoms with Crippen molar-refractivity contribution in [3.63, 3.8) is 0 Å². The Labute approximate surface area is 238 Å². The van der Waals surface area contributed by atoms with Crippen LogP contribution in [0.25, 0.3) is 11.0 Å². The van der Waals surface area contributed by atoms with E-state index < -0.39 is 34.6 Å². The number of hydrogen-bond acceptors (Lipinski definition) is 8. The average Bonchev–Trinajstić information content (AvgIpc) is 3.65. The highest BCUT2D eigenvalue weighted by Gasteiger charge is 2.77. The number of ether oxygens (including phenoxy) is 1. The van der Waals surface area contributed by atoms with Gasteiger partial charge >= 0.3 is 5.97 Å². The van der Waals surface area contributed by atoms with Crippen molar-refractivity contribution in [3.05, 3.63) is 49.6 Å². The van der Waals surface area contributed by atoms with Gasteiger partial charge in [-0.2, -0.15) is 0 Å². The number of rotatable bonds is 11. The number of amides is 2. The fraction of sp³-hybridized carbons (Fsp3) is 0.552. The Kier molecular flexibility index (Phi) is 7.80. The smallest absolute Gasteiger partial charge is 0.311 e. The molecule has 11 heteroatoms. The molecule has 2 amide bonds. The Morgan fingerprint density at radius 3 is 2.73 bits per heavy atom. The van der Waals surface area contributed by atoms with Crippen LogP contribution < -0.4 is 0 Å². The highest BCUT2D eigenvalue weighted by atomic mass is 32.2. The van der Waals surface area contributed by atoms with E-state index in [9.17, 15) is 19.5 Å². The molecule has 1 aromatic heterocycles. The third-order valence-electron chi connectivity index (χ3n) is 8.73. The number of likely N-dealkylation sites (tertiary alicyclic amines) is 1. The Morgan fingerprint density at radius 2 is 2.05 bits per heavy atom. The Bertz CT molecular complexity index is 1330. The van der Waals surface area contributed by atoms with Gasteiger partial charge in [-0.05, 0) is 30.4 Å². The molecule has 40 heavy (non-hydrogen) atoms. The van der Waals surface area contributed by atoms with Crippen molar-refractivity contribution < 1.29 is 24.2 Å². The molecule has 1 N–H and O–H groups in total. The number of thioether (sulfide) groups is 1. The summed E-state index contributed by atoms with van der Waals surface area (Å²) in [6.45, 7) is 13.5.